The Morgan fingerprint density at radius 3 is 2.56 bits per heavy atom. The van der Waals surface area contributed by atoms with Gasteiger partial charge in [0.05, 0.1) is 0 Å². The first kappa shape index (κ1) is 9.35. The summed E-state index contributed by atoms with van der Waals surface area (Å²) in [5, 5.41) is 0. The molecule has 0 aliphatic carbocycles. The van der Waals surface area contributed by atoms with Gasteiger partial charge >= 0.3 is 0 Å². The Bertz CT molecular complexity index is 66.1. The molecule has 3 heteroatoms. The molecule has 0 amide bonds. The van der Waals surface area contributed by atoms with E-state index in [0.29, 0.717) is 6.04 Å². The van der Waals surface area contributed by atoms with Gasteiger partial charge in [-0.05, 0) is 19.9 Å². The minimum absolute atomic E-state index is 0.333. The monoisotopic (exact) mass is 148 g/mol. The second-order valence-corrected chi connectivity index (χ2v) is 3.12. The molecule has 0 bridgehead atoms. The molecule has 0 saturated carbocycles. The lowest BCUT2D eigenvalue weighted by Gasteiger charge is -2.14. The maximum absolute atomic E-state index is 5.56. The fourth-order valence-corrected chi connectivity index (χ4v) is 0.677. The molecule has 0 spiro atoms. The van der Waals surface area contributed by atoms with E-state index in [2.05, 4.69) is 21.0 Å². The van der Waals surface area contributed by atoms with E-state index in [1.165, 1.54) is 0 Å². The summed E-state index contributed by atoms with van der Waals surface area (Å²) in [5.41, 5.74) is 5.56. The molecule has 0 aromatic carbocycles. The minimum Gasteiger partial charge on any atom is -0.328 e. The first-order valence-electron chi connectivity index (χ1n) is 3.42. The summed E-state index contributed by atoms with van der Waals surface area (Å²) >= 11 is 0. The van der Waals surface area contributed by atoms with Gasteiger partial charge in [-0.2, -0.15) is 0 Å². The molecule has 0 saturated heterocycles. The third-order valence-electron chi connectivity index (χ3n) is 1.28. The van der Waals surface area contributed by atoms with Crippen molar-refractivity contribution in [3.8, 4) is 0 Å². The fraction of sp³-hybridized carbons (Fsp3) is 1.00. The normalized spacial score (nSPS) is 14.3. The van der Waals surface area contributed by atoms with Gasteiger partial charge in [-0.15, -0.1) is 0 Å². The van der Waals surface area contributed by atoms with Crippen LogP contribution in [0, 0.1) is 0 Å². The van der Waals surface area contributed by atoms with Crippen molar-refractivity contribution in [1.82, 2.24) is 4.67 Å². The molecule has 0 radical (unpaired) electrons. The SMILES string of the molecule is CCN(P)CCC(C)N. The van der Waals surface area contributed by atoms with E-state index in [1.54, 1.807) is 0 Å². The fourth-order valence-electron chi connectivity index (χ4n) is 0.528. The van der Waals surface area contributed by atoms with E-state index >= 15 is 0 Å². The van der Waals surface area contributed by atoms with Crippen molar-refractivity contribution in [2.24, 2.45) is 5.73 Å². The maximum atomic E-state index is 5.56. The molecule has 0 aromatic heterocycles. The van der Waals surface area contributed by atoms with Crippen LogP contribution in [-0.2, 0) is 0 Å². The molecule has 0 heterocycles. The van der Waals surface area contributed by atoms with Gasteiger partial charge in [0.15, 0.2) is 0 Å². The number of hydrogen-bond acceptors (Lipinski definition) is 2. The Labute approximate surface area is 60.0 Å². The summed E-state index contributed by atoms with van der Waals surface area (Å²) in [7, 11) is 2.68. The van der Waals surface area contributed by atoms with E-state index in [1.807, 2.05) is 6.92 Å². The molecule has 0 aromatic rings. The van der Waals surface area contributed by atoms with Crippen LogP contribution in [0.1, 0.15) is 20.3 Å². The van der Waals surface area contributed by atoms with Crippen molar-refractivity contribution < 1.29 is 0 Å². The van der Waals surface area contributed by atoms with Gasteiger partial charge in [-0.25, -0.2) is 0 Å². The third kappa shape index (κ3) is 6.23. The number of hydrogen-bond donors (Lipinski definition) is 1. The van der Waals surface area contributed by atoms with Crippen molar-refractivity contribution in [3.63, 3.8) is 0 Å². The van der Waals surface area contributed by atoms with E-state index in [4.69, 9.17) is 5.73 Å². The lowest BCUT2D eigenvalue weighted by molar-refractivity contribution is 0.458. The van der Waals surface area contributed by atoms with Gasteiger partial charge in [0.2, 0.25) is 0 Å². The summed E-state index contributed by atoms with van der Waals surface area (Å²) in [6.45, 7) is 6.33. The van der Waals surface area contributed by atoms with E-state index in [9.17, 15) is 0 Å². The van der Waals surface area contributed by atoms with Crippen molar-refractivity contribution >= 4 is 9.39 Å². The average molecular weight is 148 g/mol. The minimum atomic E-state index is 0.333. The highest BCUT2D eigenvalue weighted by Gasteiger charge is 1.96. The Morgan fingerprint density at radius 2 is 2.22 bits per heavy atom. The largest absolute Gasteiger partial charge is 0.328 e. The highest BCUT2D eigenvalue weighted by molar-refractivity contribution is 7.13. The lowest BCUT2D eigenvalue weighted by Crippen LogP contribution is -2.22. The average Bonchev–Trinajstić information content (AvgIpc) is 1.83. The van der Waals surface area contributed by atoms with Crippen LogP contribution in [0.25, 0.3) is 0 Å². The zero-order chi connectivity index (χ0) is 7.28. The first-order valence-corrected chi connectivity index (χ1v) is 3.93. The van der Waals surface area contributed by atoms with Crippen LogP contribution in [0.5, 0.6) is 0 Å². The highest BCUT2D eigenvalue weighted by atomic mass is 31.0. The van der Waals surface area contributed by atoms with Gasteiger partial charge in [0.25, 0.3) is 0 Å². The van der Waals surface area contributed by atoms with Gasteiger partial charge in [-0.3, -0.25) is 4.67 Å². The second-order valence-electron chi connectivity index (χ2n) is 2.39. The number of nitrogens with two attached hydrogens (primary N) is 1. The van der Waals surface area contributed by atoms with Gasteiger partial charge < -0.3 is 5.73 Å². The van der Waals surface area contributed by atoms with Crippen molar-refractivity contribution in [2.75, 3.05) is 13.1 Å². The Kier molecular flexibility index (Phi) is 5.36. The van der Waals surface area contributed by atoms with E-state index in [-0.39, 0.29) is 0 Å². The molecule has 2 unspecified atom stereocenters. The smallest absolute Gasteiger partial charge is 0.00307 e. The summed E-state index contributed by atoms with van der Waals surface area (Å²) in [4.78, 5) is 0. The van der Waals surface area contributed by atoms with Crippen LogP contribution in [-0.4, -0.2) is 23.8 Å². The standard InChI is InChI=1S/C6H17N2P/c1-3-8(9)5-4-6(2)7/h6H,3-5,7,9H2,1-2H3. The summed E-state index contributed by atoms with van der Waals surface area (Å²) in [6, 6.07) is 0.333. The zero-order valence-corrected chi connectivity index (χ0v) is 7.46. The summed E-state index contributed by atoms with van der Waals surface area (Å²) in [5.74, 6) is 0. The molecular weight excluding hydrogens is 131 g/mol. The Hall–Kier alpha value is 0.350. The zero-order valence-electron chi connectivity index (χ0n) is 6.30. The van der Waals surface area contributed by atoms with Crippen molar-refractivity contribution in [3.05, 3.63) is 0 Å². The number of rotatable bonds is 4. The van der Waals surface area contributed by atoms with Crippen LogP contribution in [0.15, 0.2) is 0 Å². The number of nitrogens with zero attached hydrogens (tertiary/aromatic N) is 1. The molecule has 0 rings (SSSR count). The highest BCUT2D eigenvalue weighted by Crippen LogP contribution is 1.99. The molecule has 0 aliphatic heterocycles. The molecule has 0 fully saturated rings. The van der Waals surface area contributed by atoms with Crippen LogP contribution < -0.4 is 5.73 Å². The molecule has 2 atom stereocenters. The molecule has 2 nitrogen and oxygen atoms in total. The summed E-state index contributed by atoms with van der Waals surface area (Å²) < 4.78 is 2.18. The topological polar surface area (TPSA) is 29.3 Å². The van der Waals surface area contributed by atoms with E-state index < -0.39 is 0 Å². The van der Waals surface area contributed by atoms with Crippen LogP contribution >= 0.6 is 9.39 Å². The molecular formula is C6H17N2P. The van der Waals surface area contributed by atoms with Gasteiger partial charge in [0.1, 0.15) is 0 Å². The van der Waals surface area contributed by atoms with Crippen molar-refractivity contribution in [1.29, 1.82) is 0 Å². The lowest BCUT2D eigenvalue weighted by atomic mass is 10.2. The quantitative estimate of drug-likeness (QED) is 0.598. The van der Waals surface area contributed by atoms with Gasteiger partial charge in [-0.1, -0.05) is 16.3 Å². The first-order chi connectivity index (χ1) is 4.16. The Morgan fingerprint density at radius 1 is 1.67 bits per heavy atom. The molecule has 2 N–H and O–H groups in total. The maximum Gasteiger partial charge on any atom is 0.00307 e. The van der Waals surface area contributed by atoms with Crippen LogP contribution in [0.3, 0.4) is 0 Å². The van der Waals surface area contributed by atoms with E-state index in [0.717, 1.165) is 19.5 Å². The molecule has 0 aliphatic rings. The van der Waals surface area contributed by atoms with Crippen LogP contribution in [0.4, 0.5) is 0 Å². The summed E-state index contributed by atoms with van der Waals surface area (Å²) in [6.07, 6.45) is 1.08. The predicted octanol–water partition coefficient (Wildman–Crippen LogP) is 0.836. The van der Waals surface area contributed by atoms with Crippen LogP contribution in [0.2, 0.25) is 0 Å². The predicted molar refractivity (Wildman–Crippen MR) is 45.2 cm³/mol. The van der Waals surface area contributed by atoms with Gasteiger partial charge in [0, 0.05) is 12.6 Å². The van der Waals surface area contributed by atoms with Crippen molar-refractivity contribution in [2.45, 2.75) is 26.3 Å². The second kappa shape index (κ2) is 5.16. The molecule has 9 heavy (non-hydrogen) atoms. The molecule has 56 valence electrons. The third-order valence-corrected chi connectivity index (χ3v) is 1.90. The Balaban J connectivity index is 3.06.